The summed E-state index contributed by atoms with van der Waals surface area (Å²) in [4.78, 5) is 52.4. The fourth-order valence-electron chi connectivity index (χ4n) is 4.29. The molecule has 36 heavy (non-hydrogen) atoms. The highest BCUT2D eigenvalue weighted by Gasteiger charge is 2.31. The summed E-state index contributed by atoms with van der Waals surface area (Å²) in [5.74, 6) is -0.407. The van der Waals surface area contributed by atoms with Crippen LogP contribution >= 0.6 is 0 Å². The molecule has 0 spiro atoms. The van der Waals surface area contributed by atoms with Gasteiger partial charge in [-0.1, -0.05) is 39.8 Å². The third-order valence-electron chi connectivity index (χ3n) is 6.31. The van der Waals surface area contributed by atoms with E-state index in [0.717, 1.165) is 12.8 Å². The van der Waals surface area contributed by atoms with Crippen molar-refractivity contribution >= 4 is 23.6 Å². The summed E-state index contributed by atoms with van der Waals surface area (Å²) in [6, 6.07) is 4.64. The van der Waals surface area contributed by atoms with E-state index in [2.05, 4.69) is 35.1 Å². The minimum absolute atomic E-state index is 0.156. The van der Waals surface area contributed by atoms with Gasteiger partial charge in [0.15, 0.2) is 0 Å². The highest BCUT2D eigenvalue weighted by Crippen LogP contribution is 2.27. The Morgan fingerprint density at radius 3 is 2.36 bits per heavy atom. The van der Waals surface area contributed by atoms with Crippen LogP contribution in [0, 0.1) is 17.8 Å². The highest BCUT2D eigenvalue weighted by atomic mass is 16.5. The average Bonchev–Trinajstić information content (AvgIpc) is 3.63. The second-order valence-corrected chi connectivity index (χ2v) is 10.8. The van der Waals surface area contributed by atoms with Crippen molar-refractivity contribution in [1.29, 1.82) is 0 Å². The Bertz CT molecular complexity index is 944. The summed E-state index contributed by atoms with van der Waals surface area (Å²) < 4.78 is 6.02. The zero-order valence-corrected chi connectivity index (χ0v) is 21.8. The molecule has 1 aliphatic heterocycles. The monoisotopic (exact) mass is 500 g/mol. The van der Waals surface area contributed by atoms with Crippen LogP contribution in [0.4, 0.5) is 0 Å². The van der Waals surface area contributed by atoms with Crippen molar-refractivity contribution in [3.05, 3.63) is 29.8 Å². The molecule has 0 saturated heterocycles. The van der Waals surface area contributed by atoms with Crippen LogP contribution in [0.2, 0.25) is 0 Å². The van der Waals surface area contributed by atoms with Crippen LogP contribution in [0.3, 0.4) is 0 Å². The molecule has 1 aromatic carbocycles. The molecule has 1 aromatic rings. The predicted molar refractivity (Wildman–Crippen MR) is 136 cm³/mol. The van der Waals surface area contributed by atoms with Crippen molar-refractivity contribution in [1.82, 2.24) is 21.3 Å². The summed E-state index contributed by atoms with van der Waals surface area (Å²) in [5, 5.41) is 11.4. The van der Waals surface area contributed by atoms with Crippen LogP contribution in [0.25, 0.3) is 0 Å². The Morgan fingerprint density at radius 2 is 1.69 bits per heavy atom. The molecule has 3 atom stereocenters. The van der Waals surface area contributed by atoms with Gasteiger partial charge in [0.2, 0.25) is 17.7 Å². The van der Waals surface area contributed by atoms with Gasteiger partial charge in [0.05, 0.1) is 18.0 Å². The predicted octanol–water partition coefficient (Wildman–Crippen LogP) is 2.16. The Hall–Kier alpha value is -3.10. The van der Waals surface area contributed by atoms with Gasteiger partial charge in [-0.3, -0.25) is 19.2 Å². The molecule has 2 aliphatic rings. The van der Waals surface area contributed by atoms with Gasteiger partial charge in [-0.15, -0.1) is 0 Å². The maximum atomic E-state index is 13.2. The molecule has 0 bridgehead atoms. The Morgan fingerprint density at radius 1 is 1.00 bits per heavy atom. The first-order chi connectivity index (χ1) is 17.1. The van der Waals surface area contributed by atoms with Crippen LogP contribution in [0.1, 0.15) is 70.2 Å². The third-order valence-corrected chi connectivity index (χ3v) is 6.31. The second-order valence-electron chi connectivity index (χ2n) is 10.8. The molecule has 1 heterocycles. The topological polar surface area (TPSA) is 126 Å². The van der Waals surface area contributed by atoms with Crippen molar-refractivity contribution in [2.24, 2.45) is 17.8 Å². The Balaban J connectivity index is 1.89. The Labute approximate surface area is 213 Å². The van der Waals surface area contributed by atoms with Crippen molar-refractivity contribution < 1.29 is 23.9 Å². The molecule has 4 N–H and O–H groups in total. The molecule has 1 saturated carbocycles. The minimum Gasteiger partial charge on any atom is -0.491 e. The van der Waals surface area contributed by atoms with Gasteiger partial charge in [-0.05, 0) is 55.6 Å². The lowest BCUT2D eigenvalue weighted by Crippen LogP contribution is -2.54. The van der Waals surface area contributed by atoms with E-state index in [1.54, 1.807) is 24.3 Å². The van der Waals surface area contributed by atoms with Crippen molar-refractivity contribution in [3.8, 4) is 5.75 Å². The molecule has 9 heteroatoms. The van der Waals surface area contributed by atoms with E-state index >= 15 is 0 Å². The van der Waals surface area contributed by atoms with E-state index < -0.39 is 29.8 Å². The first-order valence-corrected chi connectivity index (χ1v) is 13.0. The molecule has 9 nitrogen and oxygen atoms in total. The first-order valence-electron chi connectivity index (χ1n) is 13.0. The van der Waals surface area contributed by atoms with Crippen LogP contribution in [-0.4, -0.2) is 54.9 Å². The minimum atomic E-state index is -1.08. The number of benzene rings is 1. The van der Waals surface area contributed by atoms with Crippen LogP contribution in [0.15, 0.2) is 24.3 Å². The molecule has 1 aliphatic carbocycles. The summed E-state index contributed by atoms with van der Waals surface area (Å²) >= 11 is 0. The molecule has 3 rings (SSSR count). The molecule has 0 aromatic heterocycles. The largest absolute Gasteiger partial charge is 0.491 e. The normalized spacial score (nSPS) is 23.6. The zero-order chi connectivity index (χ0) is 26.2. The number of fused-ring (bicyclic) bond motifs is 1. The number of rotatable bonds is 7. The number of carbonyl (C=O) groups excluding carboxylic acids is 4. The van der Waals surface area contributed by atoms with Gasteiger partial charge < -0.3 is 26.0 Å². The zero-order valence-electron chi connectivity index (χ0n) is 21.8. The molecular weight excluding hydrogens is 460 g/mol. The van der Waals surface area contributed by atoms with Gasteiger partial charge in [0, 0.05) is 6.54 Å². The number of nitrogens with one attached hydrogen (secondary N) is 4. The van der Waals surface area contributed by atoms with Gasteiger partial charge in [-0.2, -0.15) is 0 Å². The number of para-hydroxylation sites is 1. The summed E-state index contributed by atoms with van der Waals surface area (Å²) in [5.41, 5.74) is 0.266. The Kier molecular flexibility index (Phi) is 9.73. The molecular formula is C27H40N4O5. The van der Waals surface area contributed by atoms with Gasteiger partial charge >= 0.3 is 0 Å². The summed E-state index contributed by atoms with van der Waals surface area (Å²) in [6.45, 7) is 8.75. The lowest BCUT2D eigenvalue weighted by atomic mass is 10.00. The van der Waals surface area contributed by atoms with Crippen molar-refractivity contribution in [2.75, 3.05) is 13.2 Å². The summed E-state index contributed by atoms with van der Waals surface area (Å²) in [7, 11) is 0. The molecule has 0 unspecified atom stereocenters. The quantitative estimate of drug-likeness (QED) is 0.457. The fourth-order valence-corrected chi connectivity index (χ4v) is 4.29. The molecule has 0 radical (unpaired) electrons. The SMILES string of the molecule is CC(C)C[C@@H]1COc2ccccc2C(=O)N[C@H](C(=O)NCC2CC2)CC(=O)N[C@H](CC(C)C)C(=O)N1. The number of amides is 4. The number of hydrogen-bond donors (Lipinski definition) is 4. The van der Waals surface area contributed by atoms with Gasteiger partial charge in [-0.25, -0.2) is 0 Å². The molecule has 198 valence electrons. The van der Waals surface area contributed by atoms with Crippen molar-refractivity contribution in [3.63, 3.8) is 0 Å². The maximum absolute atomic E-state index is 13.2. The van der Waals surface area contributed by atoms with Crippen LogP contribution in [0.5, 0.6) is 5.75 Å². The van der Waals surface area contributed by atoms with E-state index in [9.17, 15) is 19.2 Å². The van der Waals surface area contributed by atoms with E-state index in [1.807, 2.05) is 13.8 Å². The standard InChI is InChI=1S/C27H40N4O5/c1-16(2)11-19-15-36-23-8-6-5-7-20(23)25(33)31-22(26(34)28-14-18-9-10-18)13-24(32)30-21(12-17(3)4)27(35)29-19/h5-8,16-19,21-22H,9-15H2,1-4H3,(H,28,34)(H,29,35)(H,30,32)(H,31,33)/t19-,21-,22+/m1/s1. The summed E-state index contributed by atoms with van der Waals surface area (Å²) in [6.07, 6.45) is 2.97. The van der Waals surface area contributed by atoms with Gasteiger partial charge in [0.25, 0.3) is 5.91 Å². The average molecular weight is 501 g/mol. The molecule has 4 amide bonds. The van der Waals surface area contributed by atoms with Crippen LogP contribution < -0.4 is 26.0 Å². The van der Waals surface area contributed by atoms with Crippen molar-refractivity contribution in [2.45, 2.75) is 77.9 Å². The fraction of sp³-hybridized carbons (Fsp3) is 0.630. The smallest absolute Gasteiger partial charge is 0.255 e. The highest BCUT2D eigenvalue weighted by molar-refractivity contribution is 6.01. The molecule has 1 fully saturated rings. The van der Waals surface area contributed by atoms with E-state index in [-0.39, 0.29) is 36.5 Å². The first kappa shape index (κ1) is 27.5. The van der Waals surface area contributed by atoms with E-state index in [4.69, 9.17) is 4.74 Å². The number of hydrogen-bond acceptors (Lipinski definition) is 5. The lowest BCUT2D eigenvalue weighted by Gasteiger charge is -2.27. The third kappa shape index (κ3) is 8.53. The maximum Gasteiger partial charge on any atom is 0.255 e. The number of carbonyl (C=O) groups is 4. The van der Waals surface area contributed by atoms with Gasteiger partial charge in [0.1, 0.15) is 24.4 Å². The van der Waals surface area contributed by atoms with Crippen LogP contribution in [-0.2, 0) is 14.4 Å². The number of ether oxygens (including phenoxy) is 1. The second kappa shape index (κ2) is 12.7. The lowest BCUT2D eigenvalue weighted by molar-refractivity contribution is -0.131. The van der Waals surface area contributed by atoms with E-state index in [0.29, 0.717) is 37.0 Å². The van der Waals surface area contributed by atoms with E-state index in [1.165, 1.54) is 0 Å².